The van der Waals surface area contributed by atoms with E-state index >= 15 is 0 Å². The standard InChI is InChI=1S/C20H26O2/c1-3-5-14-22-20(21)15-17(9-4-2)19-13-8-11-16-10-6-7-12-18(16)19/h6-8,10-13,17H,3-5,9,14-15H2,1-2H3/t17-/m1/s1. The van der Waals surface area contributed by atoms with Crippen molar-refractivity contribution in [1.82, 2.24) is 0 Å². The Morgan fingerprint density at radius 3 is 2.59 bits per heavy atom. The summed E-state index contributed by atoms with van der Waals surface area (Å²) in [4.78, 5) is 12.1. The highest BCUT2D eigenvalue weighted by Gasteiger charge is 2.18. The molecule has 22 heavy (non-hydrogen) atoms. The molecule has 0 aliphatic rings. The largest absolute Gasteiger partial charge is 0.466 e. The minimum Gasteiger partial charge on any atom is -0.466 e. The van der Waals surface area contributed by atoms with Gasteiger partial charge in [-0.15, -0.1) is 0 Å². The highest BCUT2D eigenvalue weighted by molar-refractivity contribution is 5.86. The van der Waals surface area contributed by atoms with Crippen molar-refractivity contribution in [2.45, 2.75) is 51.9 Å². The van der Waals surface area contributed by atoms with Gasteiger partial charge in [0.15, 0.2) is 0 Å². The lowest BCUT2D eigenvalue weighted by molar-refractivity contribution is -0.144. The zero-order chi connectivity index (χ0) is 15.8. The maximum absolute atomic E-state index is 12.1. The molecule has 0 unspecified atom stereocenters. The second-order valence-electron chi connectivity index (χ2n) is 5.83. The third-order valence-corrected chi connectivity index (χ3v) is 4.07. The highest BCUT2D eigenvalue weighted by Crippen LogP contribution is 2.31. The number of hydrogen-bond acceptors (Lipinski definition) is 2. The summed E-state index contributed by atoms with van der Waals surface area (Å²) in [6.07, 6.45) is 4.55. The van der Waals surface area contributed by atoms with Crippen LogP contribution in [0.15, 0.2) is 42.5 Å². The van der Waals surface area contributed by atoms with Crippen molar-refractivity contribution in [3.05, 3.63) is 48.0 Å². The fraction of sp³-hybridized carbons (Fsp3) is 0.450. The van der Waals surface area contributed by atoms with E-state index < -0.39 is 0 Å². The summed E-state index contributed by atoms with van der Waals surface area (Å²) in [7, 11) is 0. The van der Waals surface area contributed by atoms with Crippen LogP contribution in [0.1, 0.15) is 57.4 Å². The van der Waals surface area contributed by atoms with Gasteiger partial charge in [0, 0.05) is 0 Å². The fourth-order valence-electron chi connectivity index (χ4n) is 2.91. The van der Waals surface area contributed by atoms with E-state index in [0.717, 1.165) is 25.7 Å². The number of esters is 1. The SMILES string of the molecule is CCCCOC(=O)C[C@@H](CCC)c1cccc2ccccc12. The predicted octanol–water partition coefficient (Wildman–Crippen LogP) is 5.46. The van der Waals surface area contributed by atoms with Gasteiger partial charge >= 0.3 is 5.97 Å². The van der Waals surface area contributed by atoms with E-state index in [1.165, 1.54) is 16.3 Å². The number of ether oxygens (including phenoxy) is 1. The second-order valence-corrected chi connectivity index (χ2v) is 5.83. The summed E-state index contributed by atoms with van der Waals surface area (Å²) in [5.41, 5.74) is 1.27. The van der Waals surface area contributed by atoms with Crippen molar-refractivity contribution in [3.63, 3.8) is 0 Å². The van der Waals surface area contributed by atoms with E-state index in [1.54, 1.807) is 0 Å². The quantitative estimate of drug-likeness (QED) is 0.478. The number of hydrogen-bond donors (Lipinski definition) is 0. The number of benzene rings is 2. The van der Waals surface area contributed by atoms with Crippen LogP contribution < -0.4 is 0 Å². The summed E-state index contributed by atoms with van der Waals surface area (Å²) in [6.45, 7) is 4.81. The third-order valence-electron chi connectivity index (χ3n) is 4.07. The third kappa shape index (κ3) is 4.33. The maximum atomic E-state index is 12.1. The minimum absolute atomic E-state index is 0.0696. The number of carbonyl (C=O) groups excluding carboxylic acids is 1. The smallest absolute Gasteiger partial charge is 0.306 e. The number of fused-ring (bicyclic) bond motifs is 1. The first kappa shape index (κ1) is 16.5. The van der Waals surface area contributed by atoms with Crippen LogP contribution in [0, 0.1) is 0 Å². The first-order valence-corrected chi connectivity index (χ1v) is 8.39. The molecule has 1 atom stereocenters. The molecule has 0 aromatic heterocycles. The first-order chi connectivity index (χ1) is 10.8. The molecule has 0 saturated carbocycles. The van der Waals surface area contributed by atoms with Crippen LogP contribution in [0.2, 0.25) is 0 Å². The van der Waals surface area contributed by atoms with E-state index in [-0.39, 0.29) is 11.9 Å². The summed E-state index contributed by atoms with van der Waals surface area (Å²) < 4.78 is 5.35. The summed E-state index contributed by atoms with van der Waals surface area (Å²) >= 11 is 0. The number of carbonyl (C=O) groups is 1. The molecule has 0 heterocycles. The van der Waals surface area contributed by atoms with E-state index in [0.29, 0.717) is 13.0 Å². The Balaban J connectivity index is 2.17. The van der Waals surface area contributed by atoms with Crippen LogP contribution in [-0.2, 0) is 9.53 Å². The molecule has 0 aliphatic carbocycles. The van der Waals surface area contributed by atoms with Crippen molar-refractivity contribution in [1.29, 1.82) is 0 Å². The zero-order valence-corrected chi connectivity index (χ0v) is 13.7. The molecule has 2 nitrogen and oxygen atoms in total. The van der Waals surface area contributed by atoms with Crippen LogP contribution in [0.4, 0.5) is 0 Å². The van der Waals surface area contributed by atoms with Gasteiger partial charge in [0.2, 0.25) is 0 Å². The van der Waals surface area contributed by atoms with Crippen LogP contribution in [0.25, 0.3) is 10.8 Å². The van der Waals surface area contributed by atoms with Crippen molar-refractivity contribution in [2.75, 3.05) is 6.61 Å². The molecule has 118 valence electrons. The van der Waals surface area contributed by atoms with Gasteiger partial charge in [0.1, 0.15) is 0 Å². The number of rotatable bonds is 8. The van der Waals surface area contributed by atoms with Gasteiger partial charge in [-0.25, -0.2) is 0 Å². The monoisotopic (exact) mass is 298 g/mol. The molecule has 0 N–H and O–H groups in total. The molecule has 0 aliphatic heterocycles. The molecular formula is C20H26O2. The Hall–Kier alpha value is -1.83. The van der Waals surface area contributed by atoms with Crippen molar-refractivity contribution >= 4 is 16.7 Å². The molecular weight excluding hydrogens is 272 g/mol. The lowest BCUT2D eigenvalue weighted by Crippen LogP contribution is -2.11. The summed E-state index contributed by atoms with van der Waals surface area (Å²) in [6, 6.07) is 14.8. The topological polar surface area (TPSA) is 26.3 Å². The zero-order valence-electron chi connectivity index (χ0n) is 13.7. The fourth-order valence-corrected chi connectivity index (χ4v) is 2.91. The van der Waals surface area contributed by atoms with Gasteiger partial charge in [-0.3, -0.25) is 4.79 Å². The normalized spacial score (nSPS) is 12.3. The molecule has 2 aromatic carbocycles. The number of unbranched alkanes of at least 4 members (excludes halogenated alkanes) is 1. The Bertz CT molecular complexity index is 598. The van der Waals surface area contributed by atoms with Crippen LogP contribution in [0.3, 0.4) is 0 Å². The predicted molar refractivity (Wildman–Crippen MR) is 92.1 cm³/mol. The minimum atomic E-state index is -0.0696. The lowest BCUT2D eigenvalue weighted by Gasteiger charge is -2.18. The van der Waals surface area contributed by atoms with Gasteiger partial charge in [-0.1, -0.05) is 69.2 Å². The van der Waals surface area contributed by atoms with Crippen molar-refractivity contribution in [2.24, 2.45) is 0 Å². The van der Waals surface area contributed by atoms with Crippen molar-refractivity contribution in [3.8, 4) is 0 Å². The maximum Gasteiger partial charge on any atom is 0.306 e. The molecule has 0 fully saturated rings. The molecule has 2 rings (SSSR count). The Kier molecular flexibility index (Phi) is 6.45. The Labute approximate surface area is 133 Å². The van der Waals surface area contributed by atoms with Crippen LogP contribution in [-0.4, -0.2) is 12.6 Å². The molecule has 2 aromatic rings. The van der Waals surface area contributed by atoms with E-state index in [9.17, 15) is 4.79 Å². The molecule has 2 heteroatoms. The molecule has 0 bridgehead atoms. The summed E-state index contributed by atoms with van der Waals surface area (Å²) in [5, 5.41) is 2.49. The first-order valence-electron chi connectivity index (χ1n) is 8.39. The van der Waals surface area contributed by atoms with E-state index in [4.69, 9.17) is 4.74 Å². The molecule has 0 spiro atoms. The van der Waals surface area contributed by atoms with Gasteiger partial charge in [-0.2, -0.15) is 0 Å². The molecule has 0 amide bonds. The van der Waals surface area contributed by atoms with Crippen LogP contribution in [0.5, 0.6) is 0 Å². The Morgan fingerprint density at radius 1 is 1.05 bits per heavy atom. The van der Waals surface area contributed by atoms with Crippen LogP contribution >= 0.6 is 0 Å². The molecule has 0 radical (unpaired) electrons. The van der Waals surface area contributed by atoms with Gasteiger partial charge in [-0.05, 0) is 35.1 Å². The second kappa shape index (κ2) is 8.57. The van der Waals surface area contributed by atoms with Gasteiger partial charge in [0.05, 0.1) is 13.0 Å². The average molecular weight is 298 g/mol. The highest BCUT2D eigenvalue weighted by atomic mass is 16.5. The average Bonchev–Trinajstić information content (AvgIpc) is 2.54. The van der Waals surface area contributed by atoms with Gasteiger partial charge < -0.3 is 4.74 Å². The Morgan fingerprint density at radius 2 is 1.82 bits per heavy atom. The summed E-state index contributed by atoms with van der Waals surface area (Å²) in [5.74, 6) is 0.171. The van der Waals surface area contributed by atoms with E-state index in [1.807, 2.05) is 0 Å². The van der Waals surface area contributed by atoms with Gasteiger partial charge in [0.25, 0.3) is 0 Å². The lowest BCUT2D eigenvalue weighted by atomic mass is 9.88. The van der Waals surface area contributed by atoms with E-state index in [2.05, 4.69) is 56.3 Å². The molecule has 0 saturated heterocycles. The van der Waals surface area contributed by atoms with Crippen molar-refractivity contribution < 1.29 is 9.53 Å².